The van der Waals surface area contributed by atoms with Gasteiger partial charge in [0.15, 0.2) is 0 Å². The van der Waals surface area contributed by atoms with Gasteiger partial charge in [0.1, 0.15) is 0 Å². The second-order valence-electron chi connectivity index (χ2n) is 1.66. The number of hydrogen-bond donors (Lipinski definition) is 1. The molecular formula is C6H7NS. The van der Waals surface area contributed by atoms with E-state index in [-0.39, 0.29) is 0 Å². The van der Waals surface area contributed by atoms with E-state index in [1.807, 2.05) is 19.1 Å². The van der Waals surface area contributed by atoms with Crippen molar-refractivity contribution in [2.75, 3.05) is 0 Å². The van der Waals surface area contributed by atoms with Crippen molar-refractivity contribution in [3.63, 3.8) is 0 Å². The largest absolute Gasteiger partial charge is 0.260 e. The Morgan fingerprint density at radius 1 is 1.50 bits per heavy atom. The van der Waals surface area contributed by atoms with Gasteiger partial charge in [0.2, 0.25) is 0 Å². The summed E-state index contributed by atoms with van der Waals surface area (Å²) in [5, 5.41) is 0. The lowest BCUT2D eigenvalue weighted by Gasteiger charge is -1.88. The quantitative estimate of drug-likeness (QED) is 0.520. The van der Waals surface area contributed by atoms with Gasteiger partial charge < -0.3 is 0 Å². The van der Waals surface area contributed by atoms with E-state index < -0.39 is 0 Å². The molecule has 0 radical (unpaired) electrons. The average molecular weight is 125 g/mol. The lowest BCUT2D eigenvalue weighted by molar-refractivity contribution is 1.15. The molecule has 1 heterocycles. The van der Waals surface area contributed by atoms with Crippen molar-refractivity contribution in [2.45, 2.75) is 11.8 Å². The molecular weight excluding hydrogens is 118 g/mol. The van der Waals surface area contributed by atoms with Crippen LogP contribution in [0.5, 0.6) is 0 Å². The zero-order chi connectivity index (χ0) is 5.98. The Hall–Kier alpha value is -0.500. The van der Waals surface area contributed by atoms with Crippen LogP contribution >= 0.6 is 12.6 Å². The van der Waals surface area contributed by atoms with Crippen molar-refractivity contribution in [2.24, 2.45) is 0 Å². The molecule has 0 N–H and O–H groups in total. The molecule has 0 aliphatic carbocycles. The molecule has 0 aliphatic rings. The topological polar surface area (TPSA) is 12.9 Å². The summed E-state index contributed by atoms with van der Waals surface area (Å²) in [6, 6.07) is 3.85. The summed E-state index contributed by atoms with van der Waals surface area (Å²) in [4.78, 5) is 4.91. The van der Waals surface area contributed by atoms with E-state index in [0.717, 1.165) is 10.6 Å². The van der Waals surface area contributed by atoms with Gasteiger partial charge in [0, 0.05) is 16.8 Å². The van der Waals surface area contributed by atoms with Crippen LogP contribution in [0.15, 0.2) is 23.2 Å². The smallest absolute Gasteiger partial charge is 0.0404 e. The number of nitrogens with zero attached hydrogens (tertiary/aromatic N) is 1. The lowest BCUT2D eigenvalue weighted by atomic mass is 10.4. The first-order chi connectivity index (χ1) is 3.79. The Balaban J connectivity index is 3.03. The minimum Gasteiger partial charge on any atom is -0.260 e. The molecule has 2 heteroatoms. The highest BCUT2D eigenvalue weighted by Gasteiger charge is 1.81. The van der Waals surface area contributed by atoms with E-state index in [4.69, 9.17) is 0 Å². The third kappa shape index (κ3) is 1.23. The van der Waals surface area contributed by atoms with Gasteiger partial charge in [-0.15, -0.1) is 12.6 Å². The third-order valence-electron chi connectivity index (χ3n) is 0.896. The van der Waals surface area contributed by atoms with E-state index >= 15 is 0 Å². The molecule has 1 aromatic heterocycles. The van der Waals surface area contributed by atoms with Gasteiger partial charge in [0.05, 0.1) is 0 Å². The van der Waals surface area contributed by atoms with Gasteiger partial charge in [-0.3, -0.25) is 4.98 Å². The molecule has 1 rings (SSSR count). The van der Waals surface area contributed by atoms with Crippen LogP contribution in [-0.2, 0) is 0 Å². The molecule has 0 bridgehead atoms. The number of thiol groups is 1. The number of aromatic nitrogens is 1. The van der Waals surface area contributed by atoms with Crippen LogP contribution in [0.4, 0.5) is 0 Å². The fraction of sp³-hybridized carbons (Fsp3) is 0.167. The Labute approximate surface area is 54.2 Å². The fourth-order valence-electron chi connectivity index (χ4n) is 0.460. The minimum atomic E-state index is 0.913. The Kier molecular flexibility index (Phi) is 1.53. The minimum absolute atomic E-state index is 0.913. The predicted molar refractivity (Wildman–Crippen MR) is 36.2 cm³/mol. The predicted octanol–water partition coefficient (Wildman–Crippen LogP) is 1.68. The maximum atomic E-state index is 4.07. The van der Waals surface area contributed by atoms with Crippen molar-refractivity contribution in [3.8, 4) is 0 Å². The van der Waals surface area contributed by atoms with Crippen molar-refractivity contribution >= 4 is 12.6 Å². The number of hydrogen-bond acceptors (Lipinski definition) is 2. The normalized spacial score (nSPS) is 9.25. The van der Waals surface area contributed by atoms with E-state index in [2.05, 4.69) is 17.6 Å². The van der Waals surface area contributed by atoms with Gasteiger partial charge in [-0.1, -0.05) is 0 Å². The van der Waals surface area contributed by atoms with Crippen molar-refractivity contribution in [1.82, 2.24) is 4.98 Å². The molecule has 0 aromatic carbocycles. The Morgan fingerprint density at radius 2 is 2.25 bits per heavy atom. The van der Waals surface area contributed by atoms with Crippen molar-refractivity contribution in [3.05, 3.63) is 24.0 Å². The number of pyridine rings is 1. The highest BCUT2D eigenvalue weighted by Crippen LogP contribution is 2.01. The molecule has 8 heavy (non-hydrogen) atoms. The van der Waals surface area contributed by atoms with Gasteiger partial charge in [-0.2, -0.15) is 0 Å². The molecule has 42 valence electrons. The van der Waals surface area contributed by atoms with Gasteiger partial charge in [0.25, 0.3) is 0 Å². The van der Waals surface area contributed by atoms with Gasteiger partial charge in [-0.25, -0.2) is 0 Å². The maximum Gasteiger partial charge on any atom is 0.0404 e. The summed E-state index contributed by atoms with van der Waals surface area (Å²) in [5.74, 6) is 0. The van der Waals surface area contributed by atoms with Gasteiger partial charge in [-0.05, 0) is 19.1 Å². The Bertz CT molecular complexity index is 147. The van der Waals surface area contributed by atoms with Crippen LogP contribution in [0.25, 0.3) is 0 Å². The summed E-state index contributed by atoms with van der Waals surface area (Å²) in [6.07, 6.45) is 1.73. The molecule has 0 spiro atoms. The van der Waals surface area contributed by atoms with Crippen LogP contribution in [0, 0.1) is 6.92 Å². The molecule has 0 fully saturated rings. The fourth-order valence-corrected chi connectivity index (χ4v) is 0.592. The highest BCUT2D eigenvalue weighted by atomic mass is 32.1. The molecule has 0 saturated heterocycles. The van der Waals surface area contributed by atoms with Crippen LogP contribution in [0.2, 0.25) is 0 Å². The molecule has 0 saturated carbocycles. The summed E-state index contributed by atoms with van der Waals surface area (Å²) < 4.78 is 0. The molecule has 0 aliphatic heterocycles. The third-order valence-corrected chi connectivity index (χ3v) is 1.16. The van der Waals surface area contributed by atoms with E-state index in [1.54, 1.807) is 6.20 Å². The van der Waals surface area contributed by atoms with E-state index in [1.165, 1.54) is 0 Å². The monoisotopic (exact) mass is 125 g/mol. The SMILES string of the molecule is Cc1ccc(S)cn1. The lowest BCUT2D eigenvalue weighted by Crippen LogP contribution is -1.75. The second kappa shape index (κ2) is 2.18. The zero-order valence-electron chi connectivity index (χ0n) is 4.63. The highest BCUT2D eigenvalue weighted by molar-refractivity contribution is 7.80. The van der Waals surface area contributed by atoms with Crippen molar-refractivity contribution in [1.29, 1.82) is 0 Å². The molecule has 1 aromatic rings. The summed E-state index contributed by atoms with van der Waals surface area (Å²) in [5.41, 5.74) is 1.03. The van der Waals surface area contributed by atoms with Crippen LogP contribution in [-0.4, -0.2) is 4.98 Å². The summed E-state index contributed by atoms with van der Waals surface area (Å²) in [7, 11) is 0. The molecule has 0 atom stereocenters. The van der Waals surface area contributed by atoms with Gasteiger partial charge >= 0.3 is 0 Å². The van der Waals surface area contributed by atoms with Crippen LogP contribution < -0.4 is 0 Å². The Morgan fingerprint density at radius 3 is 2.62 bits per heavy atom. The van der Waals surface area contributed by atoms with Crippen LogP contribution in [0.1, 0.15) is 5.69 Å². The first kappa shape index (κ1) is 5.63. The molecule has 0 amide bonds. The first-order valence-electron chi connectivity index (χ1n) is 2.40. The van der Waals surface area contributed by atoms with Crippen LogP contribution in [0.3, 0.4) is 0 Å². The summed E-state index contributed by atoms with van der Waals surface area (Å²) >= 11 is 4.07. The maximum absolute atomic E-state index is 4.07. The second-order valence-corrected chi connectivity index (χ2v) is 2.17. The zero-order valence-corrected chi connectivity index (χ0v) is 5.52. The first-order valence-corrected chi connectivity index (χ1v) is 2.85. The number of aryl methyl sites for hydroxylation is 1. The standard InChI is InChI=1S/C6H7NS/c1-5-2-3-6(8)4-7-5/h2-4,8H,1H3. The average Bonchev–Trinajstić information content (AvgIpc) is 1.77. The number of rotatable bonds is 0. The van der Waals surface area contributed by atoms with Crippen molar-refractivity contribution < 1.29 is 0 Å². The van der Waals surface area contributed by atoms with E-state index in [0.29, 0.717) is 0 Å². The molecule has 0 unspecified atom stereocenters. The summed E-state index contributed by atoms with van der Waals surface area (Å²) in [6.45, 7) is 1.95. The molecule has 1 nitrogen and oxygen atoms in total. The van der Waals surface area contributed by atoms with E-state index in [9.17, 15) is 0 Å².